The molecule has 0 spiro atoms. The van der Waals surface area contributed by atoms with Crippen molar-refractivity contribution in [2.45, 2.75) is 19.4 Å². The minimum absolute atomic E-state index is 0.169. The molecule has 0 bridgehead atoms. The van der Waals surface area contributed by atoms with Gasteiger partial charge in [-0.3, -0.25) is 9.36 Å². The second kappa shape index (κ2) is 5.73. The number of nitrogens with zero attached hydrogens (tertiary/aromatic N) is 1. The fraction of sp³-hybridized carbons (Fsp3) is 0.467. The molecule has 0 aliphatic carbocycles. The molecule has 2 unspecified atom stereocenters. The van der Waals surface area contributed by atoms with Crippen molar-refractivity contribution in [2.75, 3.05) is 19.7 Å². The number of ether oxygens (including phenoxy) is 1. The molecule has 1 aromatic heterocycles. The van der Waals surface area contributed by atoms with Gasteiger partial charge in [0.15, 0.2) is 0 Å². The lowest BCUT2D eigenvalue weighted by Gasteiger charge is -2.31. The van der Waals surface area contributed by atoms with E-state index in [4.69, 9.17) is 4.74 Å². The van der Waals surface area contributed by atoms with Crippen molar-refractivity contribution in [3.8, 4) is 0 Å². The molecule has 1 aromatic carbocycles. The van der Waals surface area contributed by atoms with Gasteiger partial charge in [0.1, 0.15) is 0 Å². The van der Waals surface area contributed by atoms with Gasteiger partial charge < -0.3 is 15.0 Å². The number of piperidine rings is 1. The van der Waals surface area contributed by atoms with E-state index in [1.54, 1.807) is 11.5 Å². The number of H-pyrrole nitrogens is 1. The molecule has 0 saturated carbocycles. The number of rotatable bonds is 3. The molecule has 2 aromatic rings. The van der Waals surface area contributed by atoms with Gasteiger partial charge in [0.2, 0.25) is 0 Å². The normalized spacial score (nSPS) is 22.3. The van der Waals surface area contributed by atoms with Crippen LogP contribution in [0, 0.1) is 5.92 Å². The first kappa shape index (κ1) is 13.9. The zero-order chi connectivity index (χ0) is 14.8. The molecule has 1 fully saturated rings. The van der Waals surface area contributed by atoms with Crippen LogP contribution in [0.25, 0.3) is 11.0 Å². The molecule has 2 N–H and O–H groups in total. The number of carbonyl (C=O) groups excluding carboxylic acids is 1. The van der Waals surface area contributed by atoms with Gasteiger partial charge in [-0.25, -0.2) is 4.79 Å². The van der Waals surface area contributed by atoms with Crippen molar-refractivity contribution in [1.29, 1.82) is 0 Å². The lowest BCUT2D eigenvalue weighted by molar-refractivity contribution is -0.150. The molecule has 0 radical (unpaired) electrons. The zero-order valence-corrected chi connectivity index (χ0v) is 12.0. The van der Waals surface area contributed by atoms with Gasteiger partial charge in [-0.05, 0) is 32.0 Å². The third-order valence-electron chi connectivity index (χ3n) is 3.99. The van der Waals surface area contributed by atoms with Crippen LogP contribution in [0.5, 0.6) is 0 Å². The number of imidazole rings is 1. The largest absolute Gasteiger partial charge is 0.466 e. The van der Waals surface area contributed by atoms with E-state index in [-0.39, 0.29) is 23.6 Å². The molecule has 2 atom stereocenters. The highest BCUT2D eigenvalue weighted by atomic mass is 16.5. The second-order valence-corrected chi connectivity index (χ2v) is 5.24. The zero-order valence-electron chi connectivity index (χ0n) is 12.0. The quantitative estimate of drug-likeness (QED) is 0.828. The van der Waals surface area contributed by atoms with Crippen LogP contribution in [-0.2, 0) is 9.53 Å². The first-order valence-corrected chi connectivity index (χ1v) is 7.29. The summed E-state index contributed by atoms with van der Waals surface area (Å²) in [6.45, 7) is 3.47. The van der Waals surface area contributed by atoms with Crippen molar-refractivity contribution >= 4 is 17.0 Å². The summed E-state index contributed by atoms with van der Waals surface area (Å²) in [7, 11) is 0. The van der Waals surface area contributed by atoms with E-state index in [1.807, 2.05) is 24.3 Å². The van der Waals surface area contributed by atoms with Crippen LogP contribution < -0.4 is 11.0 Å². The molecular formula is C15H19N3O3. The molecule has 1 aliphatic rings. The van der Waals surface area contributed by atoms with Crippen LogP contribution in [0.2, 0.25) is 0 Å². The average molecular weight is 289 g/mol. The number of fused-ring (bicyclic) bond motifs is 1. The maximum atomic E-state index is 12.3. The number of hydrogen-bond acceptors (Lipinski definition) is 4. The SMILES string of the molecule is CCOC(=O)C1CNCCC1n1c(=O)[nH]c2ccccc21. The Kier molecular flexibility index (Phi) is 3.79. The van der Waals surface area contributed by atoms with Crippen LogP contribution in [0.1, 0.15) is 19.4 Å². The fourth-order valence-corrected chi connectivity index (χ4v) is 3.05. The molecule has 0 amide bonds. The molecule has 112 valence electrons. The highest BCUT2D eigenvalue weighted by Crippen LogP contribution is 2.27. The van der Waals surface area contributed by atoms with E-state index in [2.05, 4.69) is 10.3 Å². The van der Waals surface area contributed by atoms with Crippen LogP contribution in [0.15, 0.2) is 29.1 Å². The summed E-state index contributed by atoms with van der Waals surface area (Å²) in [6, 6.07) is 7.37. The van der Waals surface area contributed by atoms with Gasteiger partial charge in [-0.1, -0.05) is 12.1 Å². The topological polar surface area (TPSA) is 76.1 Å². The Morgan fingerprint density at radius 1 is 1.43 bits per heavy atom. The monoisotopic (exact) mass is 289 g/mol. The molecule has 1 aliphatic heterocycles. The van der Waals surface area contributed by atoms with Crippen LogP contribution in [-0.4, -0.2) is 35.2 Å². The summed E-state index contributed by atoms with van der Waals surface area (Å²) in [4.78, 5) is 27.3. The van der Waals surface area contributed by atoms with Crippen LogP contribution in [0.3, 0.4) is 0 Å². The molecule has 2 heterocycles. The molecular weight excluding hydrogens is 270 g/mol. The first-order chi connectivity index (χ1) is 10.2. The van der Waals surface area contributed by atoms with Gasteiger partial charge >= 0.3 is 11.7 Å². The predicted octanol–water partition coefficient (Wildman–Crippen LogP) is 1.04. The number of nitrogens with one attached hydrogen (secondary N) is 2. The molecule has 21 heavy (non-hydrogen) atoms. The van der Waals surface area contributed by atoms with E-state index in [9.17, 15) is 9.59 Å². The third kappa shape index (κ3) is 2.47. The minimum Gasteiger partial charge on any atom is -0.466 e. The Hall–Kier alpha value is -2.08. The smallest absolute Gasteiger partial charge is 0.326 e. The molecule has 6 heteroatoms. The van der Waals surface area contributed by atoms with Gasteiger partial charge in [-0.15, -0.1) is 0 Å². The standard InChI is InChI=1S/C15H19N3O3/c1-2-21-14(19)10-9-16-8-7-12(10)18-13-6-4-3-5-11(13)17-15(18)20/h3-6,10,12,16H,2,7-9H2,1H3,(H,17,20). The number of aromatic nitrogens is 2. The maximum Gasteiger partial charge on any atom is 0.326 e. The Bertz CT molecular complexity index is 703. The maximum absolute atomic E-state index is 12.3. The van der Waals surface area contributed by atoms with Crippen LogP contribution in [0.4, 0.5) is 0 Å². The Morgan fingerprint density at radius 2 is 2.24 bits per heavy atom. The predicted molar refractivity (Wildman–Crippen MR) is 79.2 cm³/mol. The van der Waals surface area contributed by atoms with Crippen molar-refractivity contribution in [2.24, 2.45) is 5.92 Å². The lowest BCUT2D eigenvalue weighted by atomic mass is 9.93. The number of carbonyl (C=O) groups is 1. The van der Waals surface area contributed by atoms with Gasteiger partial charge in [0.25, 0.3) is 0 Å². The number of para-hydroxylation sites is 2. The number of hydrogen-bond donors (Lipinski definition) is 2. The lowest BCUT2D eigenvalue weighted by Crippen LogP contribution is -2.44. The summed E-state index contributed by atoms with van der Waals surface area (Å²) in [5.41, 5.74) is 1.46. The van der Waals surface area contributed by atoms with Gasteiger partial charge in [0.05, 0.1) is 29.6 Å². The summed E-state index contributed by atoms with van der Waals surface area (Å²) in [6.07, 6.45) is 0.727. The van der Waals surface area contributed by atoms with Crippen molar-refractivity contribution < 1.29 is 9.53 Å². The highest BCUT2D eigenvalue weighted by molar-refractivity contribution is 5.77. The third-order valence-corrected chi connectivity index (χ3v) is 3.99. The van der Waals surface area contributed by atoms with E-state index in [1.165, 1.54) is 0 Å². The first-order valence-electron chi connectivity index (χ1n) is 7.29. The fourth-order valence-electron chi connectivity index (χ4n) is 3.05. The van der Waals surface area contributed by atoms with Crippen molar-refractivity contribution in [1.82, 2.24) is 14.9 Å². The summed E-state index contributed by atoms with van der Waals surface area (Å²) in [5, 5.41) is 3.21. The Morgan fingerprint density at radius 3 is 3.05 bits per heavy atom. The van der Waals surface area contributed by atoms with E-state index in [0.717, 1.165) is 24.0 Å². The number of aromatic amines is 1. The van der Waals surface area contributed by atoms with Gasteiger partial charge in [-0.2, -0.15) is 0 Å². The number of esters is 1. The second-order valence-electron chi connectivity index (χ2n) is 5.24. The van der Waals surface area contributed by atoms with E-state index >= 15 is 0 Å². The summed E-state index contributed by atoms with van der Waals surface area (Å²) in [5.74, 6) is -0.581. The van der Waals surface area contributed by atoms with Crippen LogP contribution >= 0.6 is 0 Å². The van der Waals surface area contributed by atoms with E-state index in [0.29, 0.717) is 13.2 Å². The molecule has 3 rings (SSSR count). The summed E-state index contributed by atoms with van der Waals surface area (Å²) >= 11 is 0. The van der Waals surface area contributed by atoms with Gasteiger partial charge in [0, 0.05) is 6.54 Å². The van der Waals surface area contributed by atoms with Crippen molar-refractivity contribution in [3.63, 3.8) is 0 Å². The summed E-state index contributed by atoms with van der Waals surface area (Å²) < 4.78 is 6.86. The Balaban J connectivity index is 2.04. The van der Waals surface area contributed by atoms with Crippen molar-refractivity contribution in [3.05, 3.63) is 34.7 Å². The molecule has 6 nitrogen and oxygen atoms in total. The highest BCUT2D eigenvalue weighted by Gasteiger charge is 2.34. The Labute approximate surface area is 122 Å². The average Bonchev–Trinajstić information content (AvgIpc) is 2.83. The number of benzene rings is 1. The van der Waals surface area contributed by atoms with E-state index < -0.39 is 0 Å². The minimum atomic E-state index is -0.337. The molecule has 1 saturated heterocycles.